The molecule has 0 amide bonds. The number of aryl methyl sites for hydroxylation is 2. The minimum absolute atomic E-state index is 0.0178. The summed E-state index contributed by atoms with van der Waals surface area (Å²) in [5.74, 6) is 0.554. The van der Waals surface area contributed by atoms with Gasteiger partial charge in [0.2, 0.25) is 10.0 Å². The van der Waals surface area contributed by atoms with E-state index < -0.39 is 10.0 Å². The first-order valence-corrected chi connectivity index (χ1v) is 12.2. The van der Waals surface area contributed by atoms with Crippen LogP contribution in [0.4, 0.5) is 5.69 Å². The second-order valence-corrected chi connectivity index (χ2v) is 10.5. The summed E-state index contributed by atoms with van der Waals surface area (Å²) in [5.41, 5.74) is 3.89. The molecule has 0 bridgehead atoms. The van der Waals surface area contributed by atoms with Crippen molar-refractivity contribution < 1.29 is 13.2 Å². The maximum absolute atomic E-state index is 13.6. The van der Waals surface area contributed by atoms with Crippen LogP contribution in [0.3, 0.4) is 0 Å². The van der Waals surface area contributed by atoms with E-state index in [2.05, 4.69) is 4.98 Å². The van der Waals surface area contributed by atoms with E-state index in [4.69, 9.17) is 4.74 Å². The lowest BCUT2D eigenvalue weighted by atomic mass is 10.0. The molecule has 8 heteroatoms. The molecule has 0 saturated carbocycles. The fraction of sp³-hybridized carbons (Fsp3) is 0.375. The van der Waals surface area contributed by atoms with Crippen LogP contribution < -0.4 is 15.2 Å². The van der Waals surface area contributed by atoms with Gasteiger partial charge in [0.05, 0.1) is 22.6 Å². The maximum atomic E-state index is 13.6. The average Bonchev–Trinajstić information content (AvgIpc) is 2.75. The van der Waals surface area contributed by atoms with E-state index in [1.807, 2.05) is 51.8 Å². The van der Waals surface area contributed by atoms with E-state index in [1.165, 1.54) is 4.31 Å². The molecule has 4 rings (SSSR count). The highest BCUT2D eigenvalue weighted by molar-refractivity contribution is 7.89. The molecule has 1 aromatic heterocycles. The number of aromatic amines is 1. The van der Waals surface area contributed by atoms with E-state index >= 15 is 0 Å². The van der Waals surface area contributed by atoms with Crippen molar-refractivity contribution in [2.45, 2.75) is 45.2 Å². The van der Waals surface area contributed by atoms with Gasteiger partial charge in [-0.15, -0.1) is 0 Å². The predicted octanol–water partition coefficient (Wildman–Crippen LogP) is 3.57. The van der Waals surface area contributed by atoms with Gasteiger partial charge >= 0.3 is 0 Å². The smallest absolute Gasteiger partial charge is 0.252 e. The van der Waals surface area contributed by atoms with Gasteiger partial charge in [-0.2, -0.15) is 4.31 Å². The van der Waals surface area contributed by atoms with Gasteiger partial charge in [0, 0.05) is 31.3 Å². The summed E-state index contributed by atoms with van der Waals surface area (Å²) in [7, 11) is -1.90. The Bertz CT molecular complexity index is 1350. The van der Waals surface area contributed by atoms with Crippen molar-refractivity contribution in [2.75, 3.05) is 25.1 Å². The van der Waals surface area contributed by atoms with Gasteiger partial charge in [0.25, 0.3) is 5.56 Å². The number of aromatic nitrogens is 1. The van der Waals surface area contributed by atoms with Crippen molar-refractivity contribution in [3.05, 3.63) is 63.4 Å². The van der Waals surface area contributed by atoms with Crippen LogP contribution in [0.25, 0.3) is 10.9 Å². The van der Waals surface area contributed by atoms with Crippen LogP contribution in [0.5, 0.6) is 5.75 Å². The number of nitrogens with zero attached hydrogens (tertiary/aromatic N) is 2. The third-order valence-corrected chi connectivity index (χ3v) is 8.18. The van der Waals surface area contributed by atoms with Crippen LogP contribution in [0.1, 0.15) is 30.5 Å². The Morgan fingerprint density at radius 2 is 1.91 bits per heavy atom. The Morgan fingerprint density at radius 1 is 1.16 bits per heavy atom. The molecule has 32 heavy (non-hydrogen) atoms. The maximum Gasteiger partial charge on any atom is 0.252 e. The van der Waals surface area contributed by atoms with Gasteiger partial charge in [0.1, 0.15) is 12.4 Å². The van der Waals surface area contributed by atoms with Crippen LogP contribution in [0, 0.1) is 13.8 Å². The van der Waals surface area contributed by atoms with Crippen LogP contribution >= 0.6 is 0 Å². The number of rotatable bonds is 5. The fourth-order valence-electron chi connectivity index (χ4n) is 4.03. The summed E-state index contributed by atoms with van der Waals surface area (Å²) in [6.07, 6.45) is 0. The fourth-order valence-corrected chi connectivity index (χ4v) is 5.67. The highest BCUT2D eigenvalue weighted by Gasteiger charge is 2.30. The number of ether oxygens (including phenoxy) is 1. The molecule has 1 aliphatic rings. The largest absolute Gasteiger partial charge is 0.490 e. The second kappa shape index (κ2) is 8.26. The third kappa shape index (κ3) is 3.89. The molecule has 3 aromatic rings. The van der Waals surface area contributed by atoms with E-state index in [9.17, 15) is 13.2 Å². The minimum Gasteiger partial charge on any atom is -0.490 e. The van der Waals surface area contributed by atoms with E-state index in [0.29, 0.717) is 17.9 Å². The number of hydrogen-bond donors (Lipinski definition) is 1. The zero-order valence-electron chi connectivity index (χ0n) is 19.1. The number of likely N-dealkylation sites (N-methyl/N-ethyl adjacent to an activating group) is 1. The first-order valence-electron chi connectivity index (χ1n) is 10.7. The number of pyridine rings is 1. The lowest BCUT2D eigenvalue weighted by Gasteiger charge is -2.29. The number of hydrogen-bond acceptors (Lipinski definition) is 5. The monoisotopic (exact) mass is 455 g/mol. The predicted molar refractivity (Wildman–Crippen MR) is 127 cm³/mol. The van der Waals surface area contributed by atoms with Crippen molar-refractivity contribution in [3.63, 3.8) is 0 Å². The zero-order valence-corrected chi connectivity index (χ0v) is 19.9. The Kier molecular flexibility index (Phi) is 5.77. The first kappa shape index (κ1) is 22.4. The highest BCUT2D eigenvalue weighted by Crippen LogP contribution is 2.34. The third-order valence-electron chi connectivity index (χ3n) is 6.16. The summed E-state index contributed by atoms with van der Waals surface area (Å²) < 4.78 is 34.2. The van der Waals surface area contributed by atoms with Crippen molar-refractivity contribution in [3.8, 4) is 5.75 Å². The van der Waals surface area contributed by atoms with Gasteiger partial charge in [-0.25, -0.2) is 8.42 Å². The van der Waals surface area contributed by atoms with Crippen LogP contribution in [-0.2, 0) is 16.6 Å². The number of benzene rings is 2. The van der Waals surface area contributed by atoms with E-state index in [-0.39, 0.29) is 23.0 Å². The molecule has 0 radical (unpaired) electrons. The number of nitrogens with one attached hydrogen (secondary N) is 1. The molecule has 0 atom stereocenters. The summed E-state index contributed by atoms with van der Waals surface area (Å²) in [5, 5.41) is 0.883. The molecule has 0 spiro atoms. The molecular formula is C24H29N3O4S. The van der Waals surface area contributed by atoms with Crippen molar-refractivity contribution >= 4 is 26.6 Å². The Labute approximate surface area is 188 Å². The molecule has 2 heterocycles. The summed E-state index contributed by atoms with van der Waals surface area (Å²) in [6, 6.07) is 10.3. The molecule has 1 N–H and O–H groups in total. The lowest BCUT2D eigenvalue weighted by Crippen LogP contribution is -2.38. The quantitative estimate of drug-likeness (QED) is 0.636. The number of sulfonamides is 1. The second-order valence-electron chi connectivity index (χ2n) is 8.64. The van der Waals surface area contributed by atoms with Gasteiger partial charge in [0.15, 0.2) is 0 Å². The van der Waals surface area contributed by atoms with Crippen molar-refractivity contribution in [1.29, 1.82) is 0 Å². The molecule has 0 fully saturated rings. The molecule has 1 aliphatic heterocycles. The topological polar surface area (TPSA) is 82.7 Å². The molecule has 0 saturated heterocycles. The van der Waals surface area contributed by atoms with Gasteiger partial charge in [-0.3, -0.25) is 4.79 Å². The normalized spacial score (nSPS) is 14.2. The SMILES string of the molecule is Cc1ccc2cc(CN(C(C)C)S(=O)(=O)c3ccc4c(c3)OCCN4C)c(=O)[nH]c2c1C. The molecule has 7 nitrogen and oxygen atoms in total. The summed E-state index contributed by atoms with van der Waals surface area (Å²) in [6.45, 7) is 8.82. The molecular weight excluding hydrogens is 426 g/mol. The standard InChI is InChI=1S/C24H29N3O4S/c1-15(2)27(14-19-12-18-7-6-16(3)17(4)23(18)25-24(19)28)32(29,30)20-8-9-21-22(13-20)31-11-10-26(21)5/h6-9,12-13,15H,10-11,14H2,1-5H3,(H,25,28). The Morgan fingerprint density at radius 3 is 2.62 bits per heavy atom. The number of anilines is 1. The number of fused-ring (bicyclic) bond motifs is 2. The Balaban J connectivity index is 1.74. The van der Waals surface area contributed by atoms with Crippen molar-refractivity contribution in [1.82, 2.24) is 9.29 Å². The van der Waals surface area contributed by atoms with E-state index in [1.54, 1.807) is 24.3 Å². The average molecular weight is 456 g/mol. The zero-order chi connectivity index (χ0) is 23.2. The summed E-state index contributed by atoms with van der Waals surface area (Å²) in [4.78, 5) is 18.0. The van der Waals surface area contributed by atoms with Gasteiger partial charge in [-0.1, -0.05) is 12.1 Å². The summed E-state index contributed by atoms with van der Waals surface area (Å²) >= 11 is 0. The van der Waals surface area contributed by atoms with Crippen LogP contribution in [0.15, 0.2) is 46.1 Å². The first-order chi connectivity index (χ1) is 15.1. The van der Waals surface area contributed by atoms with Crippen molar-refractivity contribution in [2.24, 2.45) is 0 Å². The molecule has 2 aromatic carbocycles. The highest BCUT2D eigenvalue weighted by atomic mass is 32.2. The van der Waals surface area contributed by atoms with Gasteiger partial charge in [-0.05, 0) is 62.4 Å². The number of H-pyrrole nitrogens is 1. The molecule has 0 unspecified atom stereocenters. The van der Waals surface area contributed by atoms with Crippen LogP contribution in [0.2, 0.25) is 0 Å². The lowest BCUT2D eigenvalue weighted by molar-refractivity contribution is 0.309. The van der Waals surface area contributed by atoms with Crippen LogP contribution in [-0.4, -0.2) is 43.9 Å². The van der Waals surface area contributed by atoms with E-state index in [0.717, 1.165) is 34.3 Å². The Hall–Kier alpha value is -2.84. The minimum atomic E-state index is -3.85. The van der Waals surface area contributed by atoms with Gasteiger partial charge < -0.3 is 14.6 Å². The molecule has 0 aliphatic carbocycles. The molecule has 170 valence electrons.